The fraction of sp³-hybridized carbons (Fsp3) is 0.354. The van der Waals surface area contributed by atoms with Gasteiger partial charge in [-0.05, 0) is 80.8 Å². The molecular formula is C48H50N3O16+. The van der Waals surface area contributed by atoms with Gasteiger partial charge in [0.05, 0.1) is 17.1 Å². The van der Waals surface area contributed by atoms with Gasteiger partial charge in [0, 0.05) is 43.0 Å². The number of aryl methyl sites for hydroxylation is 2. The van der Waals surface area contributed by atoms with Gasteiger partial charge in [0.15, 0.2) is 22.3 Å². The lowest BCUT2D eigenvalue weighted by atomic mass is 9.63. The fourth-order valence-electron chi connectivity index (χ4n) is 9.19. The Morgan fingerprint density at radius 1 is 1.04 bits per heavy atom. The van der Waals surface area contributed by atoms with E-state index in [1.165, 1.54) is 36.6 Å². The largest absolute Gasteiger partial charge is 0.508 e. The Morgan fingerprint density at radius 2 is 1.79 bits per heavy atom. The maximum absolute atomic E-state index is 13.7. The number of esters is 1. The van der Waals surface area contributed by atoms with Crippen molar-refractivity contribution >= 4 is 41.1 Å². The first-order valence-corrected chi connectivity index (χ1v) is 21.6. The number of carbonyl (C=O) groups excluding carboxylic acids is 2. The number of hydroxylamine groups is 2. The van der Waals surface area contributed by atoms with Crippen LogP contribution in [0.25, 0.3) is 27.8 Å². The molecule has 19 nitrogen and oxygen atoms in total. The van der Waals surface area contributed by atoms with Crippen molar-refractivity contribution in [3.8, 4) is 22.6 Å². The quantitative estimate of drug-likeness (QED) is 0.0230. The smallest absolute Gasteiger partial charge is 0.335 e. The molecule has 9 N–H and O–H groups in total. The number of hydrogen-bond acceptors (Lipinski definition) is 17. The van der Waals surface area contributed by atoms with Gasteiger partial charge in [-0.25, -0.2) is 14.6 Å². The number of aliphatic hydroxyl groups excluding tert-OH is 3. The van der Waals surface area contributed by atoms with E-state index in [-0.39, 0.29) is 59.0 Å². The lowest BCUT2D eigenvalue weighted by Gasteiger charge is -2.59. The van der Waals surface area contributed by atoms with Crippen LogP contribution in [0.4, 0.5) is 0 Å². The van der Waals surface area contributed by atoms with E-state index < -0.39 is 84.4 Å². The summed E-state index contributed by atoms with van der Waals surface area (Å²) in [4.78, 5) is 61.9. The molecule has 3 aliphatic heterocycles. The third-order valence-corrected chi connectivity index (χ3v) is 12.4. The number of phenols is 1. The first kappa shape index (κ1) is 47.1. The number of ether oxygens (including phenoxy) is 3. The molecule has 0 amide bonds. The van der Waals surface area contributed by atoms with E-state index in [4.69, 9.17) is 23.5 Å². The van der Waals surface area contributed by atoms with Crippen LogP contribution in [-0.4, -0.2) is 134 Å². The van der Waals surface area contributed by atoms with Crippen LogP contribution in [0.15, 0.2) is 111 Å². The summed E-state index contributed by atoms with van der Waals surface area (Å²) < 4.78 is 24.5. The zero-order valence-corrected chi connectivity index (χ0v) is 36.3. The number of quaternary nitrogens is 1. The highest BCUT2D eigenvalue weighted by Crippen LogP contribution is 2.49. The van der Waals surface area contributed by atoms with E-state index in [9.17, 15) is 54.9 Å². The minimum atomic E-state index is -3.05. The predicted octanol–water partition coefficient (Wildman–Crippen LogP) is 0.534. The zero-order chi connectivity index (χ0) is 47.8. The van der Waals surface area contributed by atoms with Gasteiger partial charge in [-0.2, -0.15) is 9.90 Å². The molecule has 1 aliphatic carbocycles. The average Bonchev–Trinajstić information content (AvgIpc) is 3.89. The van der Waals surface area contributed by atoms with Crippen molar-refractivity contribution in [1.82, 2.24) is 5.32 Å². The summed E-state index contributed by atoms with van der Waals surface area (Å²) in [5, 5.41) is 82.7. The fourth-order valence-corrected chi connectivity index (χ4v) is 9.19. The van der Waals surface area contributed by atoms with Gasteiger partial charge in [0.2, 0.25) is 18.4 Å². The molecule has 4 aliphatic rings. The second-order valence-corrected chi connectivity index (χ2v) is 16.9. The van der Waals surface area contributed by atoms with Crippen LogP contribution in [-0.2, 0) is 28.7 Å². The molecule has 0 bridgehead atoms. The second kappa shape index (κ2) is 19.1. The number of nitrogens with one attached hydrogen (secondary N) is 2. The van der Waals surface area contributed by atoms with Crippen molar-refractivity contribution < 1.29 is 78.7 Å². The summed E-state index contributed by atoms with van der Waals surface area (Å²) >= 11 is 0. The maximum atomic E-state index is 13.7. The normalized spacial score (nSPS) is 27.3. The number of carboxylic acid groups (broad SMARTS) is 1. The summed E-state index contributed by atoms with van der Waals surface area (Å²) in [7, 11) is 0. The highest BCUT2D eigenvalue weighted by Gasteiger charge is 2.75. The first-order valence-electron chi connectivity index (χ1n) is 21.6. The van der Waals surface area contributed by atoms with Crippen molar-refractivity contribution in [3.63, 3.8) is 0 Å². The second-order valence-electron chi connectivity index (χ2n) is 16.9. The molecule has 3 aromatic carbocycles. The van der Waals surface area contributed by atoms with Crippen LogP contribution in [0.1, 0.15) is 36.0 Å². The van der Waals surface area contributed by atoms with Crippen LogP contribution in [0.3, 0.4) is 0 Å². The summed E-state index contributed by atoms with van der Waals surface area (Å²) in [6.07, 6.45) is -5.22. The molecule has 8 rings (SSSR count). The van der Waals surface area contributed by atoms with Crippen molar-refractivity contribution in [1.29, 1.82) is 0 Å². The minimum absolute atomic E-state index is 0.00267. The number of nitrogens with zero attached hydrogens (tertiary/aromatic N) is 1. The number of aldehydes is 1. The SMILES string of the molecule is Cc1cc(C)cc(C2=C3N=CC=C3C[NH+]2OC2C(Oc3ccc4c(=O)c(-c5ccc(O)cc5)coc4c3)OC3C(OC(=O)C(NCCC=O)C(=O)O)C=CC(O)C3(O)C2(O)C(O)CCCO)c1. The Morgan fingerprint density at radius 3 is 2.49 bits per heavy atom. The first-order chi connectivity index (χ1) is 32.1. The molecule has 67 heavy (non-hydrogen) atoms. The van der Waals surface area contributed by atoms with Crippen LogP contribution in [0.5, 0.6) is 11.5 Å². The van der Waals surface area contributed by atoms with E-state index in [2.05, 4.69) is 10.3 Å². The maximum Gasteiger partial charge on any atom is 0.335 e. The topological polar surface area (TPSA) is 289 Å². The van der Waals surface area contributed by atoms with Gasteiger partial charge in [-0.15, -0.1) is 0 Å². The predicted molar refractivity (Wildman–Crippen MR) is 236 cm³/mol. The molecule has 4 aromatic rings. The highest BCUT2D eigenvalue weighted by molar-refractivity contribution is 5.98. The average molecular weight is 925 g/mol. The third-order valence-electron chi connectivity index (χ3n) is 12.4. The molecule has 10 atom stereocenters. The minimum Gasteiger partial charge on any atom is -0.508 e. The lowest BCUT2D eigenvalue weighted by Crippen LogP contribution is -3.09. The molecule has 352 valence electrons. The Bertz CT molecular complexity index is 2730. The zero-order valence-electron chi connectivity index (χ0n) is 36.3. The number of fused-ring (bicyclic) bond motifs is 3. The van der Waals surface area contributed by atoms with Crippen molar-refractivity contribution in [2.45, 2.75) is 87.2 Å². The third kappa shape index (κ3) is 8.72. The number of carboxylic acids is 1. The monoisotopic (exact) mass is 924 g/mol. The van der Waals surface area contributed by atoms with Gasteiger partial charge in [-0.1, -0.05) is 35.4 Å². The molecule has 0 saturated carbocycles. The molecule has 10 unspecified atom stereocenters. The van der Waals surface area contributed by atoms with Gasteiger partial charge in [0.1, 0.15) is 60.2 Å². The Balaban J connectivity index is 1.25. The summed E-state index contributed by atoms with van der Waals surface area (Å²) in [6.45, 7) is 3.26. The molecular weight excluding hydrogens is 875 g/mol. The van der Waals surface area contributed by atoms with E-state index in [0.717, 1.165) is 28.9 Å². The van der Waals surface area contributed by atoms with Crippen molar-refractivity contribution in [2.24, 2.45) is 4.99 Å². The number of aliphatic carboxylic acids is 1. The van der Waals surface area contributed by atoms with E-state index in [1.54, 1.807) is 24.4 Å². The molecule has 1 aromatic heterocycles. The molecule has 4 heterocycles. The van der Waals surface area contributed by atoms with Gasteiger partial charge in [0.25, 0.3) is 0 Å². The van der Waals surface area contributed by atoms with E-state index in [1.807, 2.05) is 32.0 Å². The molecule has 0 radical (unpaired) electrons. The van der Waals surface area contributed by atoms with Crippen LogP contribution >= 0.6 is 0 Å². The lowest BCUT2D eigenvalue weighted by molar-refractivity contribution is -1.04. The Kier molecular flexibility index (Phi) is 13.4. The van der Waals surface area contributed by atoms with Crippen LogP contribution < -0.4 is 20.5 Å². The Labute approximate surface area is 382 Å². The molecule has 0 spiro atoms. The summed E-state index contributed by atoms with van der Waals surface area (Å²) in [6, 6.07) is 13.9. The van der Waals surface area contributed by atoms with Crippen molar-refractivity contribution in [3.05, 3.63) is 123 Å². The number of benzene rings is 3. The van der Waals surface area contributed by atoms with Gasteiger partial charge < -0.3 is 59.2 Å². The van der Waals surface area contributed by atoms with Crippen LogP contribution in [0, 0.1) is 13.8 Å². The number of carbonyl (C=O) groups is 3. The van der Waals surface area contributed by atoms with Gasteiger partial charge in [-0.3, -0.25) is 10.1 Å². The number of aliphatic imine (C=N–C) groups is 1. The number of aromatic hydroxyl groups is 1. The van der Waals surface area contributed by atoms with Gasteiger partial charge >= 0.3 is 11.9 Å². The number of phenolic OH excluding ortho intramolecular Hbond substituents is 1. The van der Waals surface area contributed by atoms with Crippen LogP contribution in [0.2, 0.25) is 0 Å². The summed E-state index contributed by atoms with van der Waals surface area (Å²) in [5.41, 5.74) is -1.44. The number of allylic oxidation sites excluding steroid dienone is 1. The molecule has 1 fully saturated rings. The standard InChI is InChI=1S/C48H49N3O16/c1-25-19-26(2)21-29(20-25)40-38-28(14-16-50-38)23-51(40)67-43-46(64-31-10-11-32-35(22-31)63-24-33(41(32)57)27-6-8-30(54)9-7-27)66-42-34(65-45(60)39(44(58)59)49-15-4-18-53)12-13-37(56)47(42,61)48(43,62)36(55)5-3-17-52/h6-14,16,18-22,24,34,36-37,39,42-43,46,49,52,54-56,61-62H,3-5,15,17,23H2,1-2H3,(H,58,59)/p+1. The number of aliphatic hydroxyl groups is 5. The molecule has 1 saturated heterocycles. The Hall–Kier alpha value is -6.39. The molecule has 19 heteroatoms. The number of rotatable bonds is 17. The summed E-state index contributed by atoms with van der Waals surface area (Å²) in [5.74, 6) is -3.10. The number of hydrogen-bond donors (Lipinski definition) is 9. The van der Waals surface area contributed by atoms with Crippen molar-refractivity contribution in [2.75, 3.05) is 19.7 Å². The highest BCUT2D eigenvalue weighted by atomic mass is 16.8. The van der Waals surface area contributed by atoms with E-state index in [0.29, 0.717) is 28.8 Å². The van der Waals surface area contributed by atoms with E-state index >= 15 is 0 Å².